The second kappa shape index (κ2) is 10.8. The van der Waals surface area contributed by atoms with E-state index >= 15 is 0 Å². The quantitative estimate of drug-likeness (QED) is 0.136. The molecule has 0 saturated heterocycles. The van der Waals surface area contributed by atoms with E-state index in [1.54, 1.807) is 0 Å². The molecule has 1 aromatic carbocycles. The number of carbonyl (C=O) groups is 4. The van der Waals surface area contributed by atoms with Gasteiger partial charge >= 0.3 is 8.80 Å². The lowest BCUT2D eigenvalue weighted by molar-refractivity contribution is -0.147. The summed E-state index contributed by atoms with van der Waals surface area (Å²) < 4.78 is 81.7. The lowest BCUT2D eigenvalue weighted by atomic mass is 10.1. The van der Waals surface area contributed by atoms with Crippen molar-refractivity contribution >= 4 is 32.6 Å². The summed E-state index contributed by atoms with van der Waals surface area (Å²) in [6.45, 7) is 2.20. The van der Waals surface area contributed by atoms with Gasteiger partial charge in [-0.1, -0.05) is 4.48 Å². The Kier molecular flexibility index (Phi) is 9.09. The first-order chi connectivity index (χ1) is 14.3. The predicted molar refractivity (Wildman–Crippen MR) is 93.5 cm³/mol. The lowest BCUT2D eigenvalue weighted by Gasteiger charge is -2.26. The highest BCUT2D eigenvalue weighted by Crippen LogP contribution is 2.23. The highest BCUT2D eigenvalue weighted by Gasteiger charge is 2.51. The number of rotatable bonds is 9. The van der Waals surface area contributed by atoms with Crippen molar-refractivity contribution in [3.05, 3.63) is 34.9 Å². The smallest absolute Gasteiger partial charge is 0.455 e. The number of hydrogen-bond donors (Lipinski definition) is 0. The molecule has 0 radical (unpaired) electrons. The average Bonchev–Trinajstić information content (AvgIpc) is 2.64. The maximum atomic E-state index is 14.0. The molecule has 0 aliphatic heterocycles. The molecule has 0 bridgehead atoms. The van der Waals surface area contributed by atoms with E-state index in [-0.39, 0.29) is 25.0 Å². The summed E-state index contributed by atoms with van der Waals surface area (Å²) in [6, 6.07) is -0.301. The number of nitrogens with zero attached hydrogens (tertiary/aromatic N) is 1. The van der Waals surface area contributed by atoms with Crippen LogP contribution in [0.15, 0.2) is 6.07 Å². The molecule has 1 amide bonds. The van der Waals surface area contributed by atoms with Crippen LogP contribution in [-0.4, -0.2) is 44.3 Å². The largest absolute Gasteiger partial charge is 0.705 e. The normalized spacial score (nSPS) is 11.0. The van der Waals surface area contributed by atoms with Gasteiger partial charge in [0.2, 0.25) is 0 Å². The molecule has 0 unspecified atom stereocenters. The second-order valence-electron chi connectivity index (χ2n) is 6.16. The molecule has 0 spiro atoms. The zero-order valence-electron chi connectivity index (χ0n) is 16.6. The zero-order valence-corrected chi connectivity index (χ0v) is 17.6. The van der Waals surface area contributed by atoms with Crippen molar-refractivity contribution in [1.29, 1.82) is 0 Å². The van der Waals surface area contributed by atoms with Crippen molar-refractivity contribution in [2.45, 2.75) is 39.7 Å². The van der Waals surface area contributed by atoms with Gasteiger partial charge in [-0.3, -0.25) is 19.2 Å². The highest BCUT2D eigenvalue weighted by atomic mass is 28.4. The van der Waals surface area contributed by atoms with Gasteiger partial charge in [-0.05, 0) is 18.9 Å². The van der Waals surface area contributed by atoms with Gasteiger partial charge in [-0.2, -0.15) is 5.12 Å². The third kappa shape index (κ3) is 7.31. The molecule has 0 aliphatic rings. The van der Waals surface area contributed by atoms with E-state index in [9.17, 15) is 41.2 Å². The Morgan fingerprint density at radius 3 is 1.77 bits per heavy atom. The first-order valence-corrected chi connectivity index (χ1v) is 10.6. The molecule has 8 nitrogen and oxygen atoms in total. The molecular formula is C17H18F5NO7Si. The number of amides is 1. The van der Waals surface area contributed by atoms with Gasteiger partial charge in [0.25, 0.3) is 23.8 Å². The Balaban J connectivity index is 2.83. The molecule has 0 saturated carbocycles. The number of benzene rings is 1. The van der Waals surface area contributed by atoms with Crippen LogP contribution in [-0.2, 0) is 27.7 Å². The first-order valence-electron chi connectivity index (χ1n) is 8.69. The first kappa shape index (κ1) is 26.0. The Hall–Kier alpha value is -3.03. The van der Waals surface area contributed by atoms with Crippen molar-refractivity contribution in [1.82, 2.24) is 5.12 Å². The highest BCUT2D eigenvalue weighted by molar-refractivity contribution is 6.65. The SMILES string of the molecule is CC(=O)O[Si](CCCCN(F)C(=O)c1cc(F)c(F)c(F)c1F)(OC(C)=O)OC(C)=O. The van der Waals surface area contributed by atoms with Crippen LogP contribution in [0, 0.1) is 23.3 Å². The number of carbonyl (C=O) groups excluding carboxylic acids is 4. The maximum Gasteiger partial charge on any atom is 0.705 e. The van der Waals surface area contributed by atoms with Crippen LogP contribution in [0.2, 0.25) is 6.04 Å². The fraction of sp³-hybridized carbons (Fsp3) is 0.412. The maximum absolute atomic E-state index is 14.0. The minimum atomic E-state index is -4.15. The fourth-order valence-electron chi connectivity index (χ4n) is 2.43. The van der Waals surface area contributed by atoms with Crippen LogP contribution in [0.25, 0.3) is 0 Å². The Labute approximate surface area is 174 Å². The fourth-order valence-corrected chi connectivity index (χ4v) is 4.85. The molecule has 1 aromatic rings. The topological polar surface area (TPSA) is 99.2 Å². The predicted octanol–water partition coefficient (Wildman–Crippen LogP) is 2.98. The lowest BCUT2D eigenvalue weighted by Crippen LogP contribution is -2.49. The third-order valence-electron chi connectivity index (χ3n) is 3.54. The Morgan fingerprint density at radius 1 is 0.839 bits per heavy atom. The molecule has 0 aromatic heterocycles. The van der Waals surface area contributed by atoms with Crippen molar-refractivity contribution in [2.75, 3.05) is 6.54 Å². The summed E-state index contributed by atoms with van der Waals surface area (Å²) in [5, 5.41) is -0.568. The Bertz CT molecular complexity index is 842. The third-order valence-corrected chi connectivity index (χ3v) is 6.30. The minimum absolute atomic E-state index is 0.0166. The van der Waals surface area contributed by atoms with Crippen molar-refractivity contribution in [3.8, 4) is 0 Å². The summed E-state index contributed by atoms with van der Waals surface area (Å²) in [6.07, 6.45) is -0.322. The monoisotopic (exact) mass is 471 g/mol. The van der Waals surface area contributed by atoms with Gasteiger partial charge in [-0.25, -0.2) is 17.6 Å². The standard InChI is InChI=1S/C17H18F5NO7Si/c1-9(24)28-31(29-10(2)25,30-11(3)26)7-5-4-6-23(22)17(27)12-8-13(18)15(20)16(21)14(12)19/h8H,4-7H2,1-3H3. The summed E-state index contributed by atoms with van der Waals surface area (Å²) in [5.41, 5.74) is -1.36. The van der Waals surface area contributed by atoms with Crippen LogP contribution in [0.1, 0.15) is 44.0 Å². The van der Waals surface area contributed by atoms with Crippen molar-refractivity contribution in [3.63, 3.8) is 0 Å². The second-order valence-corrected chi connectivity index (χ2v) is 8.64. The van der Waals surface area contributed by atoms with E-state index in [0.717, 1.165) is 20.8 Å². The van der Waals surface area contributed by atoms with Gasteiger partial charge < -0.3 is 13.3 Å². The summed E-state index contributed by atoms with van der Waals surface area (Å²) in [5.74, 6) is -12.8. The average molecular weight is 471 g/mol. The van der Waals surface area contributed by atoms with Gasteiger partial charge in [-0.15, -0.1) is 0 Å². The van der Waals surface area contributed by atoms with E-state index in [0.29, 0.717) is 0 Å². The van der Waals surface area contributed by atoms with Crippen LogP contribution in [0.4, 0.5) is 22.0 Å². The summed E-state index contributed by atoms with van der Waals surface area (Å²) >= 11 is 0. The van der Waals surface area contributed by atoms with Gasteiger partial charge in [0.1, 0.15) is 0 Å². The molecule has 31 heavy (non-hydrogen) atoms. The zero-order chi connectivity index (χ0) is 23.9. The van der Waals surface area contributed by atoms with E-state index in [1.807, 2.05) is 0 Å². The number of halogens is 5. The minimum Gasteiger partial charge on any atom is -0.455 e. The molecule has 0 fully saturated rings. The van der Waals surface area contributed by atoms with E-state index in [4.69, 9.17) is 13.3 Å². The Morgan fingerprint density at radius 2 is 1.32 bits per heavy atom. The van der Waals surface area contributed by atoms with E-state index in [2.05, 4.69) is 0 Å². The van der Waals surface area contributed by atoms with Crippen LogP contribution >= 0.6 is 0 Å². The number of unbranched alkanes of at least 4 members (excludes halogenated alkanes) is 1. The molecule has 0 heterocycles. The molecule has 0 aliphatic carbocycles. The van der Waals surface area contributed by atoms with Crippen LogP contribution < -0.4 is 0 Å². The van der Waals surface area contributed by atoms with E-state index in [1.165, 1.54) is 0 Å². The van der Waals surface area contributed by atoms with Gasteiger partial charge in [0, 0.05) is 20.8 Å². The molecule has 1 rings (SSSR count). The summed E-state index contributed by atoms with van der Waals surface area (Å²) in [4.78, 5) is 45.8. The van der Waals surface area contributed by atoms with Gasteiger partial charge in [0.15, 0.2) is 23.3 Å². The molecule has 14 heteroatoms. The van der Waals surface area contributed by atoms with Gasteiger partial charge in [0.05, 0.1) is 18.2 Å². The van der Waals surface area contributed by atoms with E-state index < -0.39 is 73.1 Å². The molecule has 172 valence electrons. The number of hydrogen-bond acceptors (Lipinski definition) is 7. The molecule has 0 atom stereocenters. The van der Waals surface area contributed by atoms with Crippen LogP contribution in [0.3, 0.4) is 0 Å². The molecule has 0 N–H and O–H groups in total. The van der Waals surface area contributed by atoms with Crippen molar-refractivity contribution < 1.29 is 54.5 Å². The summed E-state index contributed by atoms with van der Waals surface area (Å²) in [7, 11) is -4.15. The molecular weight excluding hydrogens is 453 g/mol. The van der Waals surface area contributed by atoms with Crippen molar-refractivity contribution in [2.24, 2.45) is 0 Å². The van der Waals surface area contributed by atoms with Crippen LogP contribution in [0.5, 0.6) is 0 Å².